The van der Waals surface area contributed by atoms with E-state index in [2.05, 4.69) is 0 Å². The van der Waals surface area contributed by atoms with Gasteiger partial charge in [0.2, 0.25) is 5.91 Å². The average Bonchev–Trinajstić information content (AvgIpc) is 2.79. The van der Waals surface area contributed by atoms with E-state index in [4.69, 9.17) is 5.11 Å². The van der Waals surface area contributed by atoms with Gasteiger partial charge in [-0.05, 0) is 17.7 Å². The number of carbonyl (C=O) groups is 1. The Hall–Kier alpha value is -1.25. The van der Waals surface area contributed by atoms with Gasteiger partial charge in [0, 0.05) is 0 Å². The number of β-amino-alcohol motifs (C(OH)–C–C–N with tert-alkyl or cyclic N) is 1. The van der Waals surface area contributed by atoms with Crippen LogP contribution in [-0.2, 0) is 11.0 Å². The molecule has 1 aromatic carbocycles. The molecule has 21 heavy (non-hydrogen) atoms. The molecule has 0 aromatic heterocycles. The summed E-state index contributed by atoms with van der Waals surface area (Å²) < 4.78 is 37.6. The number of alkyl halides is 3. The minimum Gasteiger partial charge on any atom is -0.394 e. The zero-order valence-corrected chi connectivity index (χ0v) is 11.7. The van der Waals surface area contributed by atoms with Crippen molar-refractivity contribution in [3.8, 4) is 0 Å². The Morgan fingerprint density at radius 3 is 2.48 bits per heavy atom. The normalized spacial score (nSPS) is 20.9. The minimum atomic E-state index is -4.40. The molecule has 2 N–H and O–H groups in total. The summed E-state index contributed by atoms with van der Waals surface area (Å²) in [6.07, 6.45) is -5.46. The number of amides is 1. The van der Waals surface area contributed by atoms with Crippen molar-refractivity contribution in [2.75, 3.05) is 18.9 Å². The van der Waals surface area contributed by atoms with Crippen molar-refractivity contribution in [2.24, 2.45) is 0 Å². The summed E-state index contributed by atoms with van der Waals surface area (Å²) in [7, 11) is 0. The zero-order valence-electron chi connectivity index (χ0n) is 10.9. The van der Waals surface area contributed by atoms with Crippen molar-refractivity contribution in [3.63, 3.8) is 0 Å². The second-order valence-corrected chi connectivity index (χ2v) is 5.73. The fourth-order valence-corrected chi connectivity index (χ4v) is 3.25. The van der Waals surface area contributed by atoms with E-state index in [0.717, 1.165) is 12.1 Å². The van der Waals surface area contributed by atoms with Gasteiger partial charge in [-0.25, -0.2) is 0 Å². The molecular weight excluding hydrogens is 307 g/mol. The average molecular weight is 321 g/mol. The van der Waals surface area contributed by atoms with Crippen LogP contribution in [0.25, 0.3) is 0 Å². The molecule has 0 spiro atoms. The van der Waals surface area contributed by atoms with Crippen molar-refractivity contribution >= 4 is 17.7 Å². The Balaban J connectivity index is 2.18. The number of carbonyl (C=O) groups excluding carboxylic acids is 1. The maximum Gasteiger partial charge on any atom is 0.416 e. The second-order valence-electron chi connectivity index (χ2n) is 4.67. The van der Waals surface area contributed by atoms with Gasteiger partial charge in [-0.2, -0.15) is 13.2 Å². The zero-order chi connectivity index (χ0) is 15.6. The molecule has 1 saturated heterocycles. The van der Waals surface area contributed by atoms with Gasteiger partial charge in [-0.15, -0.1) is 11.8 Å². The van der Waals surface area contributed by atoms with Gasteiger partial charge in [-0.1, -0.05) is 12.1 Å². The van der Waals surface area contributed by atoms with Crippen molar-refractivity contribution < 1.29 is 28.2 Å². The molecule has 0 saturated carbocycles. The lowest BCUT2D eigenvalue weighted by Crippen LogP contribution is -2.37. The first-order valence-corrected chi connectivity index (χ1v) is 7.25. The Morgan fingerprint density at radius 2 is 1.95 bits per heavy atom. The largest absolute Gasteiger partial charge is 0.416 e. The van der Waals surface area contributed by atoms with Crippen molar-refractivity contribution in [1.29, 1.82) is 0 Å². The molecule has 8 heteroatoms. The third-order valence-electron chi connectivity index (χ3n) is 3.11. The SMILES string of the molecule is O=C1CSC(c2ccc(C(F)(F)F)cc2)N1CC(O)CO. The Bertz CT molecular complexity index is 506. The number of hydrogen-bond acceptors (Lipinski definition) is 4. The van der Waals surface area contributed by atoms with Crippen molar-refractivity contribution in [1.82, 2.24) is 4.90 Å². The van der Waals surface area contributed by atoms with E-state index in [1.54, 1.807) is 0 Å². The number of halogens is 3. The highest BCUT2D eigenvalue weighted by Gasteiger charge is 2.35. The van der Waals surface area contributed by atoms with Gasteiger partial charge in [0.1, 0.15) is 5.37 Å². The molecule has 0 aliphatic carbocycles. The van der Waals surface area contributed by atoms with Crippen LogP contribution >= 0.6 is 11.8 Å². The molecule has 0 bridgehead atoms. The molecule has 2 rings (SSSR count). The first kappa shape index (κ1) is 16.1. The van der Waals surface area contributed by atoms with E-state index in [-0.39, 0.29) is 18.2 Å². The van der Waals surface area contributed by atoms with Crippen LogP contribution in [0.5, 0.6) is 0 Å². The van der Waals surface area contributed by atoms with Crippen LogP contribution in [0.15, 0.2) is 24.3 Å². The molecule has 0 radical (unpaired) electrons. The molecular formula is C13H14F3NO3S. The van der Waals surface area contributed by atoms with Crippen LogP contribution in [0.2, 0.25) is 0 Å². The lowest BCUT2D eigenvalue weighted by molar-refractivity contribution is -0.137. The molecule has 1 aromatic rings. The molecule has 2 atom stereocenters. The summed E-state index contributed by atoms with van der Waals surface area (Å²) in [5, 5.41) is 17.9. The number of aliphatic hydroxyl groups excluding tert-OH is 2. The summed E-state index contributed by atoms with van der Waals surface area (Å²) in [6, 6.07) is 4.60. The first-order chi connectivity index (χ1) is 9.82. The molecule has 4 nitrogen and oxygen atoms in total. The summed E-state index contributed by atoms with van der Waals surface area (Å²) in [4.78, 5) is 13.1. The molecule has 1 fully saturated rings. The third kappa shape index (κ3) is 3.69. The first-order valence-electron chi connectivity index (χ1n) is 6.20. The predicted octanol–water partition coefficient (Wildman–Crippen LogP) is 1.63. The smallest absolute Gasteiger partial charge is 0.394 e. The molecule has 2 unspecified atom stereocenters. The van der Waals surface area contributed by atoms with Gasteiger partial charge in [-0.3, -0.25) is 4.79 Å². The monoisotopic (exact) mass is 321 g/mol. The summed E-state index contributed by atoms with van der Waals surface area (Å²) in [6.45, 7) is -0.526. The number of hydrogen-bond donors (Lipinski definition) is 2. The molecule has 1 aliphatic heterocycles. The van der Waals surface area contributed by atoms with Crippen LogP contribution in [0.1, 0.15) is 16.5 Å². The van der Waals surface area contributed by atoms with Crippen molar-refractivity contribution in [2.45, 2.75) is 17.7 Å². The maximum atomic E-state index is 12.5. The van der Waals surface area contributed by atoms with E-state index < -0.39 is 29.8 Å². The maximum absolute atomic E-state index is 12.5. The summed E-state index contributed by atoms with van der Waals surface area (Å²) >= 11 is 1.28. The fourth-order valence-electron chi connectivity index (χ4n) is 2.05. The van der Waals surface area contributed by atoms with Gasteiger partial charge in [0.25, 0.3) is 0 Å². The molecule has 1 heterocycles. The van der Waals surface area contributed by atoms with E-state index in [1.165, 1.54) is 28.8 Å². The van der Waals surface area contributed by atoms with Crippen molar-refractivity contribution in [3.05, 3.63) is 35.4 Å². The lowest BCUT2D eigenvalue weighted by atomic mass is 10.1. The van der Waals surface area contributed by atoms with Crippen LogP contribution in [0, 0.1) is 0 Å². The highest BCUT2D eigenvalue weighted by atomic mass is 32.2. The molecule has 116 valence electrons. The quantitative estimate of drug-likeness (QED) is 0.885. The van der Waals surface area contributed by atoms with Gasteiger partial charge in [0.05, 0.1) is 30.6 Å². The Morgan fingerprint density at radius 1 is 1.33 bits per heavy atom. The highest BCUT2D eigenvalue weighted by molar-refractivity contribution is 8.00. The Labute approximate surface area is 123 Å². The fraction of sp³-hybridized carbons (Fsp3) is 0.462. The number of benzene rings is 1. The number of thioether (sulfide) groups is 1. The lowest BCUT2D eigenvalue weighted by Gasteiger charge is -2.26. The number of nitrogens with zero attached hydrogens (tertiary/aromatic N) is 1. The standard InChI is InChI=1S/C13H14F3NO3S/c14-13(15,16)9-3-1-8(2-4-9)12-17(5-10(19)6-18)11(20)7-21-12/h1-4,10,12,18-19H,5-7H2. The number of aliphatic hydroxyl groups is 2. The Kier molecular flexibility index (Phi) is 4.80. The van der Waals surface area contributed by atoms with Crippen LogP contribution in [-0.4, -0.2) is 46.0 Å². The van der Waals surface area contributed by atoms with Gasteiger partial charge >= 0.3 is 6.18 Å². The highest BCUT2D eigenvalue weighted by Crippen LogP contribution is 2.39. The summed E-state index contributed by atoms with van der Waals surface area (Å²) in [5.74, 6) is -0.0125. The third-order valence-corrected chi connectivity index (χ3v) is 4.37. The van der Waals surface area contributed by atoms with E-state index in [9.17, 15) is 23.1 Å². The van der Waals surface area contributed by atoms with E-state index >= 15 is 0 Å². The topological polar surface area (TPSA) is 60.8 Å². The van der Waals surface area contributed by atoms with Crippen LogP contribution < -0.4 is 0 Å². The number of rotatable bonds is 4. The predicted molar refractivity (Wildman–Crippen MR) is 71.4 cm³/mol. The van der Waals surface area contributed by atoms with E-state index in [1.807, 2.05) is 0 Å². The van der Waals surface area contributed by atoms with Gasteiger partial charge < -0.3 is 15.1 Å². The molecule has 1 amide bonds. The molecule has 1 aliphatic rings. The van der Waals surface area contributed by atoms with Gasteiger partial charge in [0.15, 0.2) is 0 Å². The summed E-state index contributed by atoms with van der Waals surface area (Å²) in [5.41, 5.74) is -0.188. The minimum absolute atomic E-state index is 0.0476. The second kappa shape index (κ2) is 6.25. The van der Waals surface area contributed by atoms with Crippen LogP contribution in [0.3, 0.4) is 0 Å². The van der Waals surface area contributed by atoms with Crippen LogP contribution in [0.4, 0.5) is 13.2 Å². The van der Waals surface area contributed by atoms with E-state index in [0.29, 0.717) is 5.56 Å².